The Bertz CT molecular complexity index is 838. The number of carbonyl (C=O) groups excluding carboxylic acids is 1. The van der Waals surface area contributed by atoms with Crippen LogP contribution in [-0.4, -0.2) is 53.5 Å². The molecule has 0 bridgehead atoms. The molecule has 2 aromatic rings. The van der Waals surface area contributed by atoms with Crippen LogP contribution in [0.25, 0.3) is 0 Å². The molecule has 2 N–H and O–H groups in total. The minimum atomic E-state index is 0.182. The number of aryl methyl sites for hydroxylation is 2. The van der Waals surface area contributed by atoms with E-state index in [0.717, 1.165) is 68.4 Å². The van der Waals surface area contributed by atoms with Crippen molar-refractivity contribution in [3.05, 3.63) is 70.8 Å². The largest absolute Gasteiger partial charge is 0.335 e. The molecule has 30 heavy (non-hydrogen) atoms. The maximum absolute atomic E-state index is 13.5. The van der Waals surface area contributed by atoms with E-state index in [1.54, 1.807) is 0 Å². The van der Waals surface area contributed by atoms with Crippen LogP contribution in [-0.2, 0) is 6.42 Å². The Morgan fingerprint density at radius 3 is 2.30 bits per heavy atom. The Kier molecular flexibility index (Phi) is 6.55. The van der Waals surface area contributed by atoms with Crippen LogP contribution in [0.3, 0.4) is 0 Å². The first-order valence-electron chi connectivity index (χ1n) is 11.4. The van der Waals surface area contributed by atoms with Crippen molar-refractivity contribution in [2.75, 3.05) is 19.6 Å². The van der Waals surface area contributed by atoms with Crippen LogP contribution in [0.5, 0.6) is 0 Å². The van der Waals surface area contributed by atoms with Gasteiger partial charge in [-0.05, 0) is 76.7 Å². The number of nitrogens with two attached hydrogens (primary N) is 1. The first-order valence-corrected chi connectivity index (χ1v) is 11.4. The molecule has 1 amide bonds. The zero-order chi connectivity index (χ0) is 21.1. The lowest BCUT2D eigenvalue weighted by molar-refractivity contribution is 0.0384. The number of nitrogens with zero attached hydrogens (tertiary/aromatic N) is 2. The molecule has 2 aromatic carbocycles. The molecule has 160 valence electrons. The van der Waals surface area contributed by atoms with E-state index in [9.17, 15) is 4.79 Å². The van der Waals surface area contributed by atoms with Crippen LogP contribution in [0.4, 0.5) is 0 Å². The quantitative estimate of drug-likeness (QED) is 0.838. The number of carbonyl (C=O) groups is 1. The van der Waals surface area contributed by atoms with Crippen molar-refractivity contribution in [3.8, 4) is 0 Å². The molecule has 4 heteroatoms. The van der Waals surface area contributed by atoms with Gasteiger partial charge in [0.2, 0.25) is 0 Å². The van der Waals surface area contributed by atoms with E-state index in [1.807, 2.05) is 12.1 Å². The highest BCUT2D eigenvalue weighted by atomic mass is 16.2. The van der Waals surface area contributed by atoms with Crippen LogP contribution >= 0.6 is 0 Å². The monoisotopic (exact) mass is 405 g/mol. The molecule has 2 aliphatic heterocycles. The predicted molar refractivity (Wildman–Crippen MR) is 123 cm³/mol. The van der Waals surface area contributed by atoms with Gasteiger partial charge in [-0.25, -0.2) is 0 Å². The van der Waals surface area contributed by atoms with Gasteiger partial charge in [-0.3, -0.25) is 4.79 Å². The van der Waals surface area contributed by atoms with E-state index in [2.05, 4.69) is 60.0 Å². The predicted octanol–water partition coefficient (Wildman–Crippen LogP) is 3.94. The van der Waals surface area contributed by atoms with Crippen molar-refractivity contribution >= 4 is 5.91 Å². The molecule has 0 radical (unpaired) electrons. The van der Waals surface area contributed by atoms with Gasteiger partial charge in [-0.2, -0.15) is 0 Å². The second-order valence-corrected chi connectivity index (χ2v) is 9.27. The zero-order valence-electron chi connectivity index (χ0n) is 18.4. The fourth-order valence-corrected chi connectivity index (χ4v) is 5.26. The average Bonchev–Trinajstić information content (AvgIpc) is 2.74. The fourth-order valence-electron chi connectivity index (χ4n) is 5.26. The number of piperidine rings is 2. The average molecular weight is 406 g/mol. The van der Waals surface area contributed by atoms with Crippen LogP contribution in [0.1, 0.15) is 52.7 Å². The molecule has 0 aromatic heterocycles. The third kappa shape index (κ3) is 4.93. The molecule has 2 heterocycles. The highest BCUT2D eigenvalue weighted by Gasteiger charge is 2.35. The summed E-state index contributed by atoms with van der Waals surface area (Å²) in [7, 11) is 0. The van der Waals surface area contributed by atoms with Crippen molar-refractivity contribution in [2.45, 2.75) is 64.1 Å². The Hall–Kier alpha value is -2.17. The number of amides is 1. The van der Waals surface area contributed by atoms with Gasteiger partial charge in [0.1, 0.15) is 0 Å². The fraction of sp³-hybridized carbons (Fsp3) is 0.500. The third-order valence-electron chi connectivity index (χ3n) is 6.82. The molecule has 2 saturated heterocycles. The third-order valence-corrected chi connectivity index (χ3v) is 6.82. The van der Waals surface area contributed by atoms with E-state index in [4.69, 9.17) is 5.73 Å². The molecule has 2 aliphatic rings. The van der Waals surface area contributed by atoms with E-state index >= 15 is 0 Å². The summed E-state index contributed by atoms with van der Waals surface area (Å²) in [6.45, 7) is 7.15. The summed E-state index contributed by atoms with van der Waals surface area (Å²) >= 11 is 0. The SMILES string of the molecule is Cc1cc(C)cc(C(=O)N2CC[C@@H](N3CCC(N)CC3)C[C@@H]2Cc2ccccc2)c1. The molecule has 2 fully saturated rings. The molecule has 0 unspecified atom stereocenters. The normalized spacial score (nSPS) is 23.5. The summed E-state index contributed by atoms with van der Waals surface area (Å²) in [5.74, 6) is 0.182. The second-order valence-electron chi connectivity index (χ2n) is 9.27. The van der Waals surface area contributed by atoms with E-state index in [-0.39, 0.29) is 11.9 Å². The standard InChI is InChI=1S/C26H35N3O/c1-19-14-20(2)16-22(15-19)26(30)29-13-10-24(28-11-8-23(27)9-12-28)18-25(29)17-21-6-4-3-5-7-21/h3-7,14-16,23-25H,8-13,17-18,27H2,1-2H3/t24-,25+/m1/s1. The highest BCUT2D eigenvalue weighted by molar-refractivity contribution is 5.95. The molecule has 2 atom stereocenters. The first kappa shape index (κ1) is 21.1. The van der Waals surface area contributed by atoms with Gasteiger partial charge in [0, 0.05) is 30.2 Å². The smallest absolute Gasteiger partial charge is 0.254 e. The van der Waals surface area contributed by atoms with Crippen molar-refractivity contribution in [1.29, 1.82) is 0 Å². The van der Waals surface area contributed by atoms with Crippen LogP contribution < -0.4 is 5.73 Å². The van der Waals surface area contributed by atoms with Crippen LogP contribution in [0.2, 0.25) is 0 Å². The van der Waals surface area contributed by atoms with Gasteiger partial charge in [0.05, 0.1) is 0 Å². The summed E-state index contributed by atoms with van der Waals surface area (Å²) < 4.78 is 0. The molecule has 4 rings (SSSR count). The van der Waals surface area contributed by atoms with Gasteiger partial charge < -0.3 is 15.5 Å². The molecule has 0 saturated carbocycles. The second kappa shape index (κ2) is 9.32. The number of hydrogen-bond acceptors (Lipinski definition) is 3. The van der Waals surface area contributed by atoms with Crippen LogP contribution in [0, 0.1) is 13.8 Å². The van der Waals surface area contributed by atoms with Gasteiger partial charge >= 0.3 is 0 Å². The molecule has 0 spiro atoms. The van der Waals surface area contributed by atoms with E-state index in [1.165, 1.54) is 5.56 Å². The summed E-state index contributed by atoms with van der Waals surface area (Å²) in [6.07, 6.45) is 5.19. The summed E-state index contributed by atoms with van der Waals surface area (Å²) in [5, 5.41) is 0. The van der Waals surface area contributed by atoms with Crippen molar-refractivity contribution in [2.24, 2.45) is 5.73 Å². The number of hydrogen-bond donors (Lipinski definition) is 1. The summed E-state index contributed by atoms with van der Waals surface area (Å²) in [4.78, 5) is 18.3. The number of rotatable bonds is 4. The Balaban J connectivity index is 1.54. The first-order chi connectivity index (χ1) is 14.5. The Morgan fingerprint density at radius 1 is 0.967 bits per heavy atom. The highest BCUT2D eigenvalue weighted by Crippen LogP contribution is 2.28. The van der Waals surface area contributed by atoms with Crippen molar-refractivity contribution < 1.29 is 4.79 Å². The lowest BCUT2D eigenvalue weighted by atomic mass is 9.89. The van der Waals surface area contributed by atoms with Crippen LogP contribution in [0.15, 0.2) is 48.5 Å². The van der Waals surface area contributed by atoms with Crippen molar-refractivity contribution in [3.63, 3.8) is 0 Å². The summed E-state index contributed by atoms with van der Waals surface area (Å²) in [5.41, 5.74) is 10.6. The van der Waals surface area contributed by atoms with Crippen molar-refractivity contribution in [1.82, 2.24) is 9.80 Å². The maximum Gasteiger partial charge on any atom is 0.254 e. The lowest BCUT2D eigenvalue weighted by Crippen LogP contribution is -2.54. The molecular weight excluding hydrogens is 370 g/mol. The lowest BCUT2D eigenvalue weighted by Gasteiger charge is -2.45. The van der Waals surface area contributed by atoms with Gasteiger partial charge in [0.15, 0.2) is 0 Å². The van der Waals surface area contributed by atoms with E-state index in [0.29, 0.717) is 12.1 Å². The minimum absolute atomic E-state index is 0.182. The topological polar surface area (TPSA) is 49.6 Å². The summed E-state index contributed by atoms with van der Waals surface area (Å²) in [6, 6.07) is 18.0. The molecule has 4 nitrogen and oxygen atoms in total. The Labute approximate surface area is 181 Å². The van der Waals surface area contributed by atoms with Gasteiger partial charge in [-0.15, -0.1) is 0 Å². The number of likely N-dealkylation sites (tertiary alicyclic amines) is 2. The minimum Gasteiger partial charge on any atom is -0.335 e. The Morgan fingerprint density at radius 2 is 1.63 bits per heavy atom. The van der Waals surface area contributed by atoms with E-state index < -0.39 is 0 Å². The molecular formula is C26H35N3O. The number of benzene rings is 2. The van der Waals surface area contributed by atoms with Gasteiger partial charge in [0.25, 0.3) is 5.91 Å². The van der Waals surface area contributed by atoms with Gasteiger partial charge in [-0.1, -0.05) is 47.5 Å². The molecule has 0 aliphatic carbocycles. The zero-order valence-corrected chi connectivity index (χ0v) is 18.4. The maximum atomic E-state index is 13.5.